The molecule has 0 radical (unpaired) electrons. The SMILES string of the molecule is CCOC(=O)C(N=Nc1ccc(C(C)=O)cc1)=C(O)CSc1ccc(Br)cc1. The number of Topliss-reactive ketones (excluding diaryl/α,β-unsaturated/α-hetero) is 1. The predicted molar refractivity (Wildman–Crippen MR) is 112 cm³/mol. The van der Waals surface area contributed by atoms with E-state index in [1.165, 1.54) is 18.7 Å². The predicted octanol–water partition coefficient (Wildman–Crippen LogP) is 5.86. The zero-order valence-corrected chi connectivity index (χ0v) is 17.8. The van der Waals surface area contributed by atoms with Crippen molar-refractivity contribution in [3.05, 3.63) is 70.0 Å². The third-order valence-corrected chi connectivity index (χ3v) is 5.02. The summed E-state index contributed by atoms with van der Waals surface area (Å²) in [4.78, 5) is 24.4. The average Bonchev–Trinajstić information content (AvgIpc) is 2.68. The van der Waals surface area contributed by atoms with Gasteiger partial charge in [0.1, 0.15) is 5.76 Å². The number of carbonyl (C=O) groups is 2. The van der Waals surface area contributed by atoms with E-state index in [2.05, 4.69) is 26.2 Å². The fourth-order valence-corrected chi connectivity index (χ4v) is 3.07. The quantitative estimate of drug-likeness (QED) is 0.132. The van der Waals surface area contributed by atoms with Gasteiger partial charge >= 0.3 is 5.97 Å². The number of ketones is 1. The van der Waals surface area contributed by atoms with Crippen LogP contribution in [0.1, 0.15) is 24.2 Å². The van der Waals surface area contributed by atoms with Crippen molar-refractivity contribution in [2.45, 2.75) is 18.7 Å². The summed E-state index contributed by atoms with van der Waals surface area (Å²) in [6.07, 6.45) is 0. The highest BCUT2D eigenvalue weighted by Gasteiger charge is 2.17. The first-order chi connectivity index (χ1) is 13.4. The van der Waals surface area contributed by atoms with Crippen LogP contribution in [-0.2, 0) is 9.53 Å². The summed E-state index contributed by atoms with van der Waals surface area (Å²) in [5, 5.41) is 18.2. The zero-order chi connectivity index (χ0) is 20.5. The highest BCUT2D eigenvalue weighted by Crippen LogP contribution is 2.24. The first kappa shape index (κ1) is 21.8. The molecule has 0 aliphatic heterocycles. The van der Waals surface area contributed by atoms with Gasteiger partial charge in [-0.05, 0) is 62.4 Å². The van der Waals surface area contributed by atoms with Gasteiger partial charge in [0.05, 0.1) is 18.0 Å². The second kappa shape index (κ2) is 10.8. The van der Waals surface area contributed by atoms with Crippen molar-refractivity contribution in [1.82, 2.24) is 0 Å². The number of hydrogen-bond acceptors (Lipinski definition) is 7. The molecule has 8 heteroatoms. The molecule has 6 nitrogen and oxygen atoms in total. The van der Waals surface area contributed by atoms with Gasteiger partial charge < -0.3 is 9.84 Å². The number of azo groups is 1. The largest absolute Gasteiger partial charge is 0.509 e. The molecule has 0 fully saturated rings. The molecular formula is C20H19BrN2O4S. The summed E-state index contributed by atoms with van der Waals surface area (Å²) < 4.78 is 5.91. The van der Waals surface area contributed by atoms with Crippen LogP contribution < -0.4 is 0 Å². The molecule has 1 N–H and O–H groups in total. The van der Waals surface area contributed by atoms with Gasteiger partial charge in [-0.2, -0.15) is 5.11 Å². The molecule has 28 heavy (non-hydrogen) atoms. The minimum absolute atomic E-state index is 0.0572. The number of aliphatic hydroxyl groups is 1. The number of ether oxygens (including phenoxy) is 1. The summed E-state index contributed by atoms with van der Waals surface area (Å²) >= 11 is 4.72. The maximum Gasteiger partial charge on any atom is 0.362 e. The Morgan fingerprint density at radius 3 is 2.32 bits per heavy atom. The lowest BCUT2D eigenvalue weighted by Gasteiger charge is -2.06. The van der Waals surface area contributed by atoms with Gasteiger partial charge in [0, 0.05) is 14.9 Å². The van der Waals surface area contributed by atoms with E-state index in [0.717, 1.165) is 9.37 Å². The van der Waals surface area contributed by atoms with E-state index in [-0.39, 0.29) is 29.6 Å². The molecule has 0 spiro atoms. The molecule has 2 aromatic rings. The number of halogens is 1. The fourth-order valence-electron chi connectivity index (χ4n) is 2.04. The summed E-state index contributed by atoms with van der Waals surface area (Å²) in [6, 6.07) is 14.0. The number of thioether (sulfide) groups is 1. The molecular weight excluding hydrogens is 444 g/mol. The number of carbonyl (C=O) groups excluding carboxylic acids is 2. The lowest BCUT2D eigenvalue weighted by atomic mass is 10.1. The maximum atomic E-state index is 12.2. The maximum absolute atomic E-state index is 12.2. The van der Waals surface area contributed by atoms with E-state index in [4.69, 9.17) is 4.74 Å². The average molecular weight is 463 g/mol. The van der Waals surface area contributed by atoms with Crippen LogP contribution >= 0.6 is 27.7 Å². The lowest BCUT2D eigenvalue weighted by molar-refractivity contribution is -0.138. The molecule has 0 aromatic heterocycles. The lowest BCUT2D eigenvalue weighted by Crippen LogP contribution is -2.09. The first-order valence-electron chi connectivity index (χ1n) is 8.41. The minimum Gasteiger partial charge on any atom is -0.509 e. The number of rotatable bonds is 8. The number of aliphatic hydroxyl groups excluding tert-OH is 1. The second-order valence-corrected chi connectivity index (χ2v) is 7.53. The van der Waals surface area contributed by atoms with Crippen molar-refractivity contribution >= 4 is 45.1 Å². The molecule has 0 saturated heterocycles. The standard InChI is InChI=1S/C20H19BrN2O4S/c1-3-27-20(26)19(18(25)12-28-17-10-6-15(21)7-11-17)23-22-16-8-4-14(5-9-16)13(2)24/h4-11,25H,3,12H2,1-2H3. The van der Waals surface area contributed by atoms with E-state index in [0.29, 0.717) is 11.3 Å². The van der Waals surface area contributed by atoms with Crippen molar-refractivity contribution in [1.29, 1.82) is 0 Å². The molecule has 0 unspecified atom stereocenters. The number of esters is 1. The Bertz CT molecular complexity index is 893. The first-order valence-corrected chi connectivity index (χ1v) is 10.2. The highest BCUT2D eigenvalue weighted by atomic mass is 79.9. The molecule has 2 rings (SSSR count). The third kappa shape index (κ3) is 6.61. The fraction of sp³-hybridized carbons (Fsp3) is 0.200. The zero-order valence-electron chi connectivity index (χ0n) is 15.4. The smallest absolute Gasteiger partial charge is 0.362 e. The highest BCUT2D eigenvalue weighted by molar-refractivity contribution is 9.10. The topological polar surface area (TPSA) is 88.3 Å². The van der Waals surface area contributed by atoms with Crippen LogP contribution in [0.25, 0.3) is 0 Å². The minimum atomic E-state index is -0.750. The Labute approximate surface area is 175 Å². The number of nitrogens with zero attached hydrogens (tertiary/aromatic N) is 2. The van der Waals surface area contributed by atoms with Crippen LogP contribution in [0.5, 0.6) is 0 Å². The van der Waals surface area contributed by atoms with Crippen molar-refractivity contribution in [2.75, 3.05) is 12.4 Å². The molecule has 0 amide bonds. The molecule has 0 aliphatic rings. The molecule has 146 valence electrons. The van der Waals surface area contributed by atoms with Gasteiger partial charge in [0.25, 0.3) is 0 Å². The van der Waals surface area contributed by atoms with Gasteiger partial charge in [-0.25, -0.2) is 4.79 Å². The molecule has 0 saturated carbocycles. The van der Waals surface area contributed by atoms with Crippen LogP contribution in [0.3, 0.4) is 0 Å². The van der Waals surface area contributed by atoms with Crippen LogP contribution in [0, 0.1) is 0 Å². The van der Waals surface area contributed by atoms with Crippen LogP contribution in [0.15, 0.2) is 79.6 Å². The summed E-state index contributed by atoms with van der Waals surface area (Å²) in [5.74, 6) is -0.896. The van der Waals surface area contributed by atoms with Crippen LogP contribution in [-0.4, -0.2) is 29.2 Å². The van der Waals surface area contributed by atoms with Gasteiger partial charge in [-0.1, -0.05) is 15.9 Å². The Morgan fingerprint density at radius 1 is 1.11 bits per heavy atom. The molecule has 0 heterocycles. The summed E-state index contributed by atoms with van der Waals surface area (Å²) in [6.45, 7) is 3.29. The molecule has 0 aliphatic carbocycles. The van der Waals surface area contributed by atoms with Crippen molar-refractivity contribution in [2.24, 2.45) is 10.2 Å². The second-order valence-electron chi connectivity index (χ2n) is 5.56. The van der Waals surface area contributed by atoms with Gasteiger partial charge in [-0.15, -0.1) is 16.9 Å². The number of hydrogen-bond donors (Lipinski definition) is 1. The van der Waals surface area contributed by atoms with E-state index >= 15 is 0 Å². The van der Waals surface area contributed by atoms with Gasteiger partial charge in [0.15, 0.2) is 5.78 Å². The Kier molecular flexibility index (Phi) is 8.41. The third-order valence-electron chi connectivity index (χ3n) is 3.47. The van der Waals surface area contributed by atoms with E-state index in [1.54, 1.807) is 31.2 Å². The van der Waals surface area contributed by atoms with Crippen molar-refractivity contribution < 1.29 is 19.4 Å². The van der Waals surface area contributed by atoms with Crippen molar-refractivity contribution in [3.8, 4) is 0 Å². The molecule has 0 bridgehead atoms. The summed E-state index contributed by atoms with van der Waals surface area (Å²) in [5.41, 5.74) is 0.746. The van der Waals surface area contributed by atoms with Crippen molar-refractivity contribution in [3.63, 3.8) is 0 Å². The monoisotopic (exact) mass is 462 g/mol. The van der Waals surface area contributed by atoms with Crippen LogP contribution in [0.4, 0.5) is 5.69 Å². The van der Waals surface area contributed by atoms with Gasteiger partial charge in [0.2, 0.25) is 5.70 Å². The molecule has 2 aromatic carbocycles. The van der Waals surface area contributed by atoms with E-state index in [9.17, 15) is 14.7 Å². The Hall–Kier alpha value is -2.45. The Morgan fingerprint density at radius 2 is 1.75 bits per heavy atom. The Balaban J connectivity index is 2.19. The van der Waals surface area contributed by atoms with E-state index in [1.807, 2.05) is 24.3 Å². The normalized spacial score (nSPS) is 12.0. The van der Waals surface area contributed by atoms with E-state index < -0.39 is 5.97 Å². The number of benzene rings is 2. The summed E-state index contributed by atoms with van der Waals surface area (Å²) in [7, 11) is 0. The van der Waals surface area contributed by atoms with Gasteiger partial charge in [-0.3, -0.25) is 4.79 Å². The molecule has 0 atom stereocenters. The van der Waals surface area contributed by atoms with Crippen LogP contribution in [0.2, 0.25) is 0 Å².